The minimum Gasteiger partial charge on any atom is -0.355 e. The molecule has 7 nitrogen and oxygen atoms in total. The smallest absolute Gasteiger partial charge is 0.244 e. The highest BCUT2D eigenvalue weighted by Gasteiger charge is 2.31. The van der Waals surface area contributed by atoms with Crippen LogP contribution < -0.4 is 9.62 Å². The van der Waals surface area contributed by atoms with Crippen molar-refractivity contribution in [3.05, 3.63) is 64.1 Å². The third-order valence-corrected chi connectivity index (χ3v) is 7.07. The maximum atomic E-state index is 13.5. The van der Waals surface area contributed by atoms with Gasteiger partial charge in [0.05, 0.1) is 11.9 Å². The van der Waals surface area contributed by atoms with Crippen LogP contribution in [0, 0.1) is 6.92 Å². The Morgan fingerprint density at radius 1 is 1.09 bits per heavy atom. The number of halogens is 1. The average molecular weight is 524 g/mol. The predicted octanol–water partition coefficient (Wildman–Crippen LogP) is 3.47. The Labute approximate surface area is 199 Å². The van der Waals surface area contributed by atoms with Gasteiger partial charge in [-0.25, -0.2) is 8.42 Å². The highest BCUT2D eigenvalue weighted by Crippen LogP contribution is 2.25. The Hall–Kier alpha value is -2.39. The quantitative estimate of drug-likeness (QED) is 0.516. The van der Waals surface area contributed by atoms with Crippen LogP contribution in [0.3, 0.4) is 0 Å². The first-order valence-corrected chi connectivity index (χ1v) is 13.1. The van der Waals surface area contributed by atoms with Crippen LogP contribution in [-0.2, 0) is 26.2 Å². The first kappa shape index (κ1) is 25.9. The number of nitrogens with zero attached hydrogens (tertiary/aromatic N) is 2. The summed E-state index contributed by atoms with van der Waals surface area (Å²) in [6.45, 7) is 5.73. The lowest BCUT2D eigenvalue weighted by molar-refractivity contribution is -0.140. The van der Waals surface area contributed by atoms with Crippen LogP contribution in [0.4, 0.5) is 5.69 Å². The Bertz CT molecular complexity index is 1040. The number of benzene rings is 2. The Kier molecular flexibility index (Phi) is 9.27. The summed E-state index contributed by atoms with van der Waals surface area (Å²) in [7, 11) is -3.74. The maximum Gasteiger partial charge on any atom is 0.244 e. The molecule has 174 valence electrons. The van der Waals surface area contributed by atoms with E-state index in [9.17, 15) is 18.0 Å². The molecule has 0 radical (unpaired) electrons. The van der Waals surface area contributed by atoms with Crippen LogP contribution in [0.25, 0.3) is 0 Å². The van der Waals surface area contributed by atoms with Crippen molar-refractivity contribution in [3.63, 3.8) is 0 Å². The number of anilines is 1. The molecule has 0 aliphatic rings. The molecule has 2 amide bonds. The number of amides is 2. The number of sulfonamides is 1. The van der Waals surface area contributed by atoms with Crippen LogP contribution in [0.2, 0.25) is 0 Å². The van der Waals surface area contributed by atoms with E-state index in [0.717, 1.165) is 26.2 Å². The summed E-state index contributed by atoms with van der Waals surface area (Å²) in [5.41, 5.74) is 2.10. The van der Waals surface area contributed by atoms with E-state index in [0.29, 0.717) is 18.7 Å². The fraction of sp³-hybridized carbons (Fsp3) is 0.391. The van der Waals surface area contributed by atoms with Crippen LogP contribution >= 0.6 is 15.9 Å². The second kappa shape index (κ2) is 11.5. The minimum atomic E-state index is -3.74. The number of rotatable bonds is 10. The molecule has 1 unspecified atom stereocenters. The molecule has 0 aliphatic carbocycles. The van der Waals surface area contributed by atoms with Gasteiger partial charge in [-0.2, -0.15) is 0 Å². The molecule has 9 heteroatoms. The van der Waals surface area contributed by atoms with Crippen molar-refractivity contribution >= 4 is 43.5 Å². The Morgan fingerprint density at radius 2 is 1.75 bits per heavy atom. The van der Waals surface area contributed by atoms with Crippen molar-refractivity contribution in [2.75, 3.05) is 23.7 Å². The topological polar surface area (TPSA) is 86.8 Å². The summed E-state index contributed by atoms with van der Waals surface area (Å²) in [4.78, 5) is 27.6. The van der Waals surface area contributed by atoms with Crippen molar-refractivity contribution in [3.8, 4) is 0 Å². The van der Waals surface area contributed by atoms with E-state index in [1.54, 1.807) is 18.2 Å². The van der Waals surface area contributed by atoms with Gasteiger partial charge in [-0.1, -0.05) is 53.2 Å². The van der Waals surface area contributed by atoms with Crippen molar-refractivity contribution in [2.45, 2.75) is 39.8 Å². The lowest BCUT2D eigenvalue weighted by atomic mass is 10.1. The first-order chi connectivity index (χ1) is 15.1. The van der Waals surface area contributed by atoms with E-state index in [1.165, 1.54) is 4.90 Å². The molecule has 0 aliphatic heterocycles. The fourth-order valence-electron chi connectivity index (χ4n) is 3.39. The summed E-state index contributed by atoms with van der Waals surface area (Å²) < 4.78 is 27.1. The van der Waals surface area contributed by atoms with E-state index in [1.807, 2.05) is 51.1 Å². The van der Waals surface area contributed by atoms with E-state index >= 15 is 0 Å². The number of carbonyl (C=O) groups excluding carboxylic acids is 2. The third-order valence-electron chi connectivity index (χ3n) is 5.04. The molecule has 2 aromatic carbocycles. The Balaban J connectivity index is 2.42. The summed E-state index contributed by atoms with van der Waals surface area (Å²) in [5.74, 6) is -0.706. The van der Waals surface area contributed by atoms with Gasteiger partial charge in [0.15, 0.2) is 0 Å². The number of hydrogen-bond donors (Lipinski definition) is 1. The van der Waals surface area contributed by atoms with Gasteiger partial charge in [-0.15, -0.1) is 0 Å². The summed E-state index contributed by atoms with van der Waals surface area (Å²) in [6, 6.07) is 13.7. The molecule has 32 heavy (non-hydrogen) atoms. The van der Waals surface area contributed by atoms with Gasteiger partial charge in [0.25, 0.3) is 0 Å². The molecule has 2 rings (SSSR count). The minimum absolute atomic E-state index is 0.201. The number of likely N-dealkylation sites (N-methyl/N-ethyl adjacent to an activating group) is 1. The number of carbonyl (C=O) groups is 2. The molecule has 0 bridgehead atoms. The van der Waals surface area contributed by atoms with Gasteiger partial charge in [0, 0.05) is 17.6 Å². The highest BCUT2D eigenvalue weighted by atomic mass is 79.9. The third kappa shape index (κ3) is 6.80. The van der Waals surface area contributed by atoms with Crippen molar-refractivity contribution in [2.24, 2.45) is 0 Å². The van der Waals surface area contributed by atoms with Gasteiger partial charge < -0.3 is 10.2 Å². The van der Waals surface area contributed by atoms with Crippen molar-refractivity contribution in [1.82, 2.24) is 10.2 Å². The lowest BCUT2D eigenvalue weighted by Crippen LogP contribution is -2.52. The Morgan fingerprint density at radius 3 is 2.28 bits per heavy atom. The first-order valence-electron chi connectivity index (χ1n) is 10.4. The van der Waals surface area contributed by atoms with Gasteiger partial charge in [0.2, 0.25) is 21.8 Å². The molecule has 1 N–H and O–H groups in total. The van der Waals surface area contributed by atoms with Gasteiger partial charge in [-0.05, 0) is 49.6 Å². The highest BCUT2D eigenvalue weighted by molar-refractivity contribution is 9.10. The molecule has 0 aromatic heterocycles. The summed E-state index contributed by atoms with van der Waals surface area (Å²) in [5, 5.41) is 2.78. The van der Waals surface area contributed by atoms with Crippen molar-refractivity contribution < 1.29 is 18.0 Å². The summed E-state index contributed by atoms with van der Waals surface area (Å²) >= 11 is 3.41. The van der Waals surface area contributed by atoms with Crippen LogP contribution in [0.5, 0.6) is 0 Å². The maximum absolute atomic E-state index is 13.5. The average Bonchev–Trinajstić information content (AvgIpc) is 2.74. The molecule has 1 atom stereocenters. The zero-order chi connectivity index (χ0) is 23.9. The molecular weight excluding hydrogens is 494 g/mol. The van der Waals surface area contributed by atoms with E-state index < -0.39 is 28.5 Å². The van der Waals surface area contributed by atoms with Gasteiger partial charge in [0.1, 0.15) is 12.6 Å². The second-order valence-electron chi connectivity index (χ2n) is 7.53. The zero-order valence-corrected chi connectivity index (χ0v) is 21.2. The van der Waals surface area contributed by atoms with Crippen LogP contribution in [0.15, 0.2) is 53.0 Å². The van der Waals surface area contributed by atoms with E-state index in [-0.39, 0.29) is 12.5 Å². The second-order valence-corrected chi connectivity index (χ2v) is 10.3. The molecule has 2 aromatic rings. The monoisotopic (exact) mass is 523 g/mol. The number of aryl methyl sites for hydroxylation is 1. The standard InChI is InChI=1S/C23H30BrN3O4S/c1-5-21(23(29)25-6-2)26(15-18-10-8-7-9-11-18)22(28)16-27(32(4,30)31)19-12-13-20(24)17(3)14-19/h7-14,21H,5-6,15-16H2,1-4H3,(H,25,29). The molecule has 0 saturated carbocycles. The van der Waals surface area contributed by atoms with E-state index in [2.05, 4.69) is 21.2 Å². The molecular formula is C23H30BrN3O4S. The molecule has 0 fully saturated rings. The molecule has 0 saturated heterocycles. The fourth-order valence-corrected chi connectivity index (χ4v) is 4.48. The lowest BCUT2D eigenvalue weighted by Gasteiger charge is -2.32. The molecule has 0 heterocycles. The summed E-state index contributed by atoms with van der Waals surface area (Å²) in [6.07, 6.45) is 1.47. The SMILES string of the molecule is CCNC(=O)C(CC)N(Cc1ccccc1)C(=O)CN(c1ccc(Br)c(C)c1)S(C)(=O)=O. The number of nitrogens with one attached hydrogen (secondary N) is 1. The van der Waals surface area contributed by atoms with Gasteiger partial charge >= 0.3 is 0 Å². The van der Waals surface area contributed by atoms with E-state index in [4.69, 9.17) is 0 Å². The normalized spacial score (nSPS) is 12.2. The largest absolute Gasteiger partial charge is 0.355 e. The zero-order valence-electron chi connectivity index (χ0n) is 18.8. The van der Waals surface area contributed by atoms with Crippen LogP contribution in [0.1, 0.15) is 31.4 Å². The number of hydrogen-bond acceptors (Lipinski definition) is 4. The van der Waals surface area contributed by atoms with Crippen molar-refractivity contribution in [1.29, 1.82) is 0 Å². The molecule has 0 spiro atoms. The van der Waals surface area contributed by atoms with Crippen LogP contribution in [-0.4, -0.2) is 50.5 Å². The van der Waals surface area contributed by atoms with Gasteiger partial charge in [-0.3, -0.25) is 13.9 Å². The predicted molar refractivity (Wildman–Crippen MR) is 131 cm³/mol.